The predicted octanol–water partition coefficient (Wildman–Crippen LogP) is 1.05. The van der Waals surface area contributed by atoms with Gasteiger partial charge < -0.3 is 14.9 Å². The molecule has 1 aromatic rings. The molecule has 0 radical (unpaired) electrons. The molecule has 1 fully saturated rings. The molecule has 0 aromatic heterocycles. The molecule has 1 atom stereocenters. The fourth-order valence-electron chi connectivity index (χ4n) is 1.86. The number of benzene rings is 1. The van der Waals surface area contributed by atoms with Crippen molar-refractivity contribution in [1.82, 2.24) is 5.32 Å². The molecular weight excluding hydrogens is 263 g/mol. The van der Waals surface area contributed by atoms with E-state index in [1.54, 1.807) is 0 Å². The lowest BCUT2D eigenvalue weighted by atomic mass is 10.0. The second kappa shape index (κ2) is 5.09. The molecule has 1 aromatic carbocycles. The minimum Gasteiger partial charge on any atom is -0.394 e. The Morgan fingerprint density at radius 3 is 2.21 bits per heavy atom. The number of halogens is 3. The lowest BCUT2D eigenvalue weighted by Crippen LogP contribution is -2.49. The minimum absolute atomic E-state index is 0.0890. The summed E-state index contributed by atoms with van der Waals surface area (Å²) in [6.45, 7) is -0.549. The summed E-state index contributed by atoms with van der Waals surface area (Å²) in [5.41, 5.74) is -1.17. The summed E-state index contributed by atoms with van der Waals surface area (Å²) in [5, 5.41) is 21.2. The number of rotatable bonds is 3. The van der Waals surface area contributed by atoms with Crippen LogP contribution in [-0.2, 0) is 10.9 Å². The standard InChI is InChI=1S/C12H14F3NO3/c13-12(14,15)9-3-1-8(2-4-9)10-16-11(5-17,6-18)7-19-10/h1-4,10,16-18H,5-7H2/t10-/m1/s1. The molecule has 0 spiro atoms. The van der Waals surface area contributed by atoms with Gasteiger partial charge >= 0.3 is 6.18 Å². The summed E-state index contributed by atoms with van der Waals surface area (Å²) >= 11 is 0. The zero-order valence-electron chi connectivity index (χ0n) is 9.94. The molecule has 3 N–H and O–H groups in total. The largest absolute Gasteiger partial charge is 0.416 e. The van der Waals surface area contributed by atoms with Gasteiger partial charge in [0.1, 0.15) is 6.23 Å². The molecule has 2 rings (SSSR count). The van der Waals surface area contributed by atoms with Crippen molar-refractivity contribution in [2.45, 2.75) is 17.9 Å². The van der Waals surface area contributed by atoms with E-state index in [9.17, 15) is 23.4 Å². The van der Waals surface area contributed by atoms with Gasteiger partial charge in [0.05, 0.1) is 30.9 Å². The van der Waals surface area contributed by atoms with Crippen molar-refractivity contribution in [2.24, 2.45) is 0 Å². The normalized spacial score (nSPS) is 22.7. The molecule has 1 saturated heterocycles. The van der Waals surface area contributed by atoms with Gasteiger partial charge in [-0.3, -0.25) is 5.32 Å². The smallest absolute Gasteiger partial charge is 0.394 e. The first kappa shape index (κ1) is 14.3. The van der Waals surface area contributed by atoms with Gasteiger partial charge in [-0.25, -0.2) is 0 Å². The number of nitrogens with one attached hydrogen (secondary N) is 1. The van der Waals surface area contributed by atoms with E-state index in [2.05, 4.69) is 5.32 Å². The van der Waals surface area contributed by atoms with E-state index in [1.165, 1.54) is 12.1 Å². The van der Waals surface area contributed by atoms with Gasteiger partial charge in [0, 0.05) is 0 Å². The topological polar surface area (TPSA) is 61.7 Å². The zero-order valence-corrected chi connectivity index (χ0v) is 9.94. The Hall–Kier alpha value is -1.15. The van der Waals surface area contributed by atoms with Crippen LogP contribution in [0.1, 0.15) is 17.4 Å². The number of ether oxygens (including phenoxy) is 1. The number of hydrogen-bond acceptors (Lipinski definition) is 4. The van der Waals surface area contributed by atoms with Crippen LogP contribution in [0.25, 0.3) is 0 Å². The summed E-state index contributed by atoms with van der Waals surface area (Å²) < 4.78 is 42.6. The van der Waals surface area contributed by atoms with Crippen molar-refractivity contribution in [1.29, 1.82) is 0 Å². The third-order valence-electron chi connectivity index (χ3n) is 3.11. The molecule has 106 valence electrons. The summed E-state index contributed by atoms with van der Waals surface area (Å²) in [7, 11) is 0. The zero-order chi connectivity index (χ0) is 14.1. The Labute approximate surface area is 107 Å². The second-order valence-corrected chi connectivity index (χ2v) is 4.55. The van der Waals surface area contributed by atoms with Crippen LogP contribution in [0.5, 0.6) is 0 Å². The van der Waals surface area contributed by atoms with Gasteiger partial charge in [-0.2, -0.15) is 13.2 Å². The summed E-state index contributed by atoms with van der Waals surface area (Å²) in [5.74, 6) is 0. The van der Waals surface area contributed by atoms with Crippen LogP contribution in [0, 0.1) is 0 Å². The molecular formula is C12H14F3NO3. The molecule has 0 amide bonds. The highest BCUT2D eigenvalue weighted by Crippen LogP contribution is 2.31. The van der Waals surface area contributed by atoms with E-state index in [0.717, 1.165) is 12.1 Å². The molecule has 7 heteroatoms. The maximum atomic E-state index is 12.4. The van der Waals surface area contributed by atoms with Crippen LogP contribution >= 0.6 is 0 Å². The molecule has 0 aliphatic carbocycles. The molecule has 1 heterocycles. The monoisotopic (exact) mass is 277 g/mol. The lowest BCUT2D eigenvalue weighted by molar-refractivity contribution is -0.137. The third kappa shape index (κ3) is 2.89. The molecule has 1 aliphatic rings. The van der Waals surface area contributed by atoms with Gasteiger partial charge in [0.2, 0.25) is 0 Å². The van der Waals surface area contributed by atoms with Crippen molar-refractivity contribution >= 4 is 0 Å². The highest BCUT2D eigenvalue weighted by atomic mass is 19.4. The predicted molar refractivity (Wildman–Crippen MR) is 60.2 cm³/mol. The van der Waals surface area contributed by atoms with Crippen molar-refractivity contribution in [2.75, 3.05) is 19.8 Å². The molecule has 0 saturated carbocycles. The van der Waals surface area contributed by atoms with Crippen LogP contribution in [0.2, 0.25) is 0 Å². The van der Waals surface area contributed by atoms with Gasteiger partial charge in [-0.05, 0) is 17.7 Å². The second-order valence-electron chi connectivity index (χ2n) is 4.55. The molecule has 0 bridgehead atoms. The SMILES string of the molecule is OCC1(CO)CO[C@H](c2ccc(C(F)(F)F)cc2)N1. The van der Waals surface area contributed by atoms with Crippen LogP contribution in [0.4, 0.5) is 13.2 Å². The highest BCUT2D eigenvalue weighted by molar-refractivity contribution is 5.26. The quantitative estimate of drug-likeness (QED) is 0.773. The Balaban J connectivity index is 2.12. The Morgan fingerprint density at radius 1 is 1.21 bits per heavy atom. The molecule has 4 nitrogen and oxygen atoms in total. The fraction of sp³-hybridized carbons (Fsp3) is 0.500. The third-order valence-corrected chi connectivity index (χ3v) is 3.11. The maximum absolute atomic E-state index is 12.4. The van der Waals surface area contributed by atoms with Crippen molar-refractivity contribution in [3.8, 4) is 0 Å². The van der Waals surface area contributed by atoms with E-state index in [0.29, 0.717) is 5.56 Å². The van der Waals surface area contributed by atoms with Gasteiger partial charge in [0.15, 0.2) is 0 Å². The summed E-state index contributed by atoms with van der Waals surface area (Å²) in [6, 6.07) is 4.56. The molecule has 0 unspecified atom stereocenters. The van der Waals surface area contributed by atoms with Gasteiger partial charge in [-0.15, -0.1) is 0 Å². The fourth-order valence-corrected chi connectivity index (χ4v) is 1.86. The van der Waals surface area contributed by atoms with Crippen molar-refractivity contribution in [3.63, 3.8) is 0 Å². The molecule has 19 heavy (non-hydrogen) atoms. The van der Waals surface area contributed by atoms with Crippen LogP contribution < -0.4 is 5.32 Å². The minimum atomic E-state index is -4.37. The van der Waals surface area contributed by atoms with E-state index in [-0.39, 0.29) is 19.8 Å². The average Bonchev–Trinajstić information content (AvgIpc) is 2.83. The van der Waals surface area contributed by atoms with Gasteiger partial charge in [0.25, 0.3) is 0 Å². The van der Waals surface area contributed by atoms with E-state index in [1.807, 2.05) is 0 Å². The summed E-state index contributed by atoms with van der Waals surface area (Å²) in [4.78, 5) is 0. The van der Waals surface area contributed by atoms with Crippen LogP contribution in [0.15, 0.2) is 24.3 Å². The Morgan fingerprint density at radius 2 is 1.79 bits per heavy atom. The van der Waals surface area contributed by atoms with E-state index < -0.39 is 23.5 Å². The molecule has 1 aliphatic heterocycles. The first-order valence-corrected chi connectivity index (χ1v) is 5.68. The highest BCUT2D eigenvalue weighted by Gasteiger charge is 2.39. The number of aliphatic hydroxyl groups excluding tert-OH is 2. The number of alkyl halides is 3. The lowest BCUT2D eigenvalue weighted by Gasteiger charge is -2.23. The summed E-state index contributed by atoms with van der Waals surface area (Å²) in [6.07, 6.45) is -5.01. The van der Waals surface area contributed by atoms with Crippen LogP contribution in [-0.4, -0.2) is 35.6 Å². The Bertz CT molecular complexity index is 429. The van der Waals surface area contributed by atoms with Gasteiger partial charge in [-0.1, -0.05) is 12.1 Å². The number of hydrogen-bond donors (Lipinski definition) is 3. The van der Waals surface area contributed by atoms with Crippen LogP contribution in [0.3, 0.4) is 0 Å². The Kier molecular flexibility index (Phi) is 3.82. The number of aliphatic hydroxyl groups is 2. The maximum Gasteiger partial charge on any atom is 0.416 e. The van der Waals surface area contributed by atoms with E-state index >= 15 is 0 Å². The van der Waals surface area contributed by atoms with E-state index in [4.69, 9.17) is 4.74 Å². The first-order valence-electron chi connectivity index (χ1n) is 5.68. The average molecular weight is 277 g/mol. The van der Waals surface area contributed by atoms with Crippen molar-refractivity contribution in [3.05, 3.63) is 35.4 Å². The van der Waals surface area contributed by atoms with Crippen molar-refractivity contribution < 1.29 is 28.1 Å². The first-order chi connectivity index (χ1) is 8.90.